The van der Waals surface area contributed by atoms with Gasteiger partial charge in [-0.2, -0.15) is 0 Å². The predicted octanol–water partition coefficient (Wildman–Crippen LogP) is 4.06. The summed E-state index contributed by atoms with van der Waals surface area (Å²) in [5.41, 5.74) is 7.23. The van der Waals surface area contributed by atoms with E-state index in [0.29, 0.717) is 17.6 Å². The van der Waals surface area contributed by atoms with Gasteiger partial charge in [-0.25, -0.2) is 4.39 Å². The van der Waals surface area contributed by atoms with E-state index >= 15 is 0 Å². The molecule has 2 nitrogen and oxygen atoms in total. The molecule has 0 spiro atoms. The van der Waals surface area contributed by atoms with Gasteiger partial charge in [0.15, 0.2) is 0 Å². The summed E-state index contributed by atoms with van der Waals surface area (Å²) in [6.07, 6.45) is 3.91. The summed E-state index contributed by atoms with van der Waals surface area (Å²) in [4.78, 5) is 0. The van der Waals surface area contributed by atoms with E-state index in [-0.39, 0.29) is 17.3 Å². The second-order valence-corrected chi connectivity index (χ2v) is 7.56. The fourth-order valence-electron chi connectivity index (χ4n) is 4.47. The number of rotatable bonds is 4. The highest BCUT2D eigenvalue weighted by molar-refractivity contribution is 5.21. The van der Waals surface area contributed by atoms with Crippen molar-refractivity contribution in [3.63, 3.8) is 0 Å². The van der Waals surface area contributed by atoms with Gasteiger partial charge >= 0.3 is 0 Å². The molecule has 2 bridgehead atoms. The molecular formula is C18H26FNO. The Kier molecular flexibility index (Phi) is 3.61. The summed E-state index contributed by atoms with van der Waals surface area (Å²) in [5, 5.41) is 0. The van der Waals surface area contributed by atoms with Crippen LogP contribution in [0.25, 0.3) is 0 Å². The number of hydrogen-bond donors (Lipinski definition) is 1. The molecule has 1 aromatic carbocycles. The van der Waals surface area contributed by atoms with Gasteiger partial charge in [0.2, 0.25) is 0 Å². The van der Waals surface area contributed by atoms with Crippen molar-refractivity contribution in [3.05, 3.63) is 35.6 Å². The van der Waals surface area contributed by atoms with E-state index in [1.807, 2.05) is 6.07 Å². The molecule has 2 N–H and O–H groups in total. The lowest BCUT2D eigenvalue weighted by Crippen LogP contribution is -2.38. The van der Waals surface area contributed by atoms with Crippen LogP contribution in [0.2, 0.25) is 0 Å². The first-order valence-electron chi connectivity index (χ1n) is 7.98. The first-order valence-corrected chi connectivity index (χ1v) is 7.98. The van der Waals surface area contributed by atoms with Crippen molar-refractivity contribution in [1.82, 2.24) is 0 Å². The van der Waals surface area contributed by atoms with E-state index in [2.05, 4.69) is 20.8 Å². The maximum Gasteiger partial charge on any atom is 0.128 e. The van der Waals surface area contributed by atoms with Crippen molar-refractivity contribution in [2.24, 2.45) is 22.5 Å². The number of fused-ring (bicyclic) bond motifs is 2. The Balaban J connectivity index is 1.66. The van der Waals surface area contributed by atoms with Gasteiger partial charge in [0.05, 0.1) is 18.8 Å². The van der Waals surface area contributed by atoms with Gasteiger partial charge in [0.25, 0.3) is 0 Å². The predicted molar refractivity (Wildman–Crippen MR) is 82.3 cm³/mol. The molecule has 4 atom stereocenters. The Labute approximate surface area is 126 Å². The van der Waals surface area contributed by atoms with Crippen LogP contribution in [0, 0.1) is 22.6 Å². The van der Waals surface area contributed by atoms with Gasteiger partial charge in [0, 0.05) is 5.56 Å². The van der Waals surface area contributed by atoms with Crippen LogP contribution in [0.3, 0.4) is 0 Å². The highest BCUT2D eigenvalue weighted by Gasteiger charge is 2.61. The van der Waals surface area contributed by atoms with Crippen molar-refractivity contribution in [1.29, 1.82) is 0 Å². The van der Waals surface area contributed by atoms with Crippen LogP contribution < -0.4 is 5.73 Å². The molecule has 3 rings (SSSR count). The molecular weight excluding hydrogens is 265 g/mol. The fourth-order valence-corrected chi connectivity index (χ4v) is 4.47. The average molecular weight is 291 g/mol. The lowest BCUT2D eigenvalue weighted by molar-refractivity contribution is -0.0512. The van der Waals surface area contributed by atoms with Crippen molar-refractivity contribution in [2.45, 2.75) is 52.2 Å². The molecule has 116 valence electrons. The van der Waals surface area contributed by atoms with Gasteiger partial charge in [-0.3, -0.25) is 0 Å². The van der Waals surface area contributed by atoms with Crippen molar-refractivity contribution < 1.29 is 9.13 Å². The van der Waals surface area contributed by atoms with Gasteiger partial charge in [0.1, 0.15) is 5.82 Å². The molecule has 2 fully saturated rings. The summed E-state index contributed by atoms with van der Waals surface area (Å²) in [5.74, 6) is 0.505. The normalized spacial score (nSPS) is 35.1. The molecule has 2 aliphatic carbocycles. The molecule has 0 heterocycles. The number of ether oxygens (including phenoxy) is 1. The first-order chi connectivity index (χ1) is 9.86. The van der Waals surface area contributed by atoms with Crippen LogP contribution in [0.4, 0.5) is 4.39 Å². The van der Waals surface area contributed by atoms with Crippen molar-refractivity contribution >= 4 is 0 Å². The first kappa shape index (κ1) is 15.0. The Bertz CT molecular complexity index is 530. The van der Waals surface area contributed by atoms with Crippen molar-refractivity contribution in [3.8, 4) is 0 Å². The molecule has 3 heteroatoms. The van der Waals surface area contributed by atoms with E-state index in [4.69, 9.17) is 10.5 Å². The van der Waals surface area contributed by atoms with Gasteiger partial charge in [-0.15, -0.1) is 0 Å². The smallest absolute Gasteiger partial charge is 0.128 e. The van der Waals surface area contributed by atoms with Crippen LogP contribution in [-0.2, 0) is 4.74 Å². The van der Waals surface area contributed by atoms with E-state index in [0.717, 1.165) is 12.3 Å². The Hall–Kier alpha value is -0.930. The van der Waals surface area contributed by atoms with E-state index in [9.17, 15) is 4.39 Å². The van der Waals surface area contributed by atoms with Crippen LogP contribution in [0.15, 0.2) is 24.3 Å². The minimum absolute atomic E-state index is 0.229. The molecule has 0 radical (unpaired) electrons. The standard InChI is InChI=1S/C18H26FNO/c1-17(2)12-8-9-18(17,3)16(10-12)21-11-15(20)13-6-4-5-7-14(13)19/h4-7,12,15-16H,8-11,20H2,1-3H3. The number of halogens is 1. The minimum atomic E-state index is -0.392. The van der Waals surface area contributed by atoms with Crippen LogP contribution >= 0.6 is 0 Å². The lowest BCUT2D eigenvalue weighted by Gasteiger charge is -2.39. The van der Waals surface area contributed by atoms with E-state index in [1.165, 1.54) is 18.9 Å². The molecule has 21 heavy (non-hydrogen) atoms. The molecule has 4 unspecified atom stereocenters. The Morgan fingerprint density at radius 3 is 2.62 bits per heavy atom. The second kappa shape index (κ2) is 5.06. The zero-order chi connectivity index (χ0) is 15.3. The highest BCUT2D eigenvalue weighted by Crippen LogP contribution is 2.66. The third kappa shape index (κ3) is 2.22. The second-order valence-electron chi connectivity index (χ2n) is 7.56. The maximum absolute atomic E-state index is 13.8. The topological polar surface area (TPSA) is 35.2 Å². The third-order valence-electron chi connectivity index (χ3n) is 6.50. The van der Waals surface area contributed by atoms with Crippen LogP contribution in [-0.4, -0.2) is 12.7 Å². The summed E-state index contributed by atoms with van der Waals surface area (Å²) >= 11 is 0. The number of benzene rings is 1. The zero-order valence-corrected chi connectivity index (χ0v) is 13.2. The average Bonchev–Trinajstić information content (AvgIpc) is 2.78. The summed E-state index contributed by atoms with van der Waals surface area (Å²) < 4.78 is 19.9. The Morgan fingerprint density at radius 1 is 1.33 bits per heavy atom. The number of hydrogen-bond acceptors (Lipinski definition) is 2. The monoisotopic (exact) mass is 291 g/mol. The quantitative estimate of drug-likeness (QED) is 0.908. The van der Waals surface area contributed by atoms with Crippen LogP contribution in [0.5, 0.6) is 0 Å². The molecule has 0 amide bonds. The molecule has 2 aliphatic rings. The van der Waals surface area contributed by atoms with Crippen molar-refractivity contribution in [2.75, 3.05) is 6.61 Å². The molecule has 0 aliphatic heterocycles. The zero-order valence-electron chi connectivity index (χ0n) is 13.2. The van der Waals surface area contributed by atoms with Crippen LogP contribution in [0.1, 0.15) is 51.6 Å². The fraction of sp³-hybridized carbons (Fsp3) is 0.667. The van der Waals surface area contributed by atoms with E-state index in [1.54, 1.807) is 12.1 Å². The highest BCUT2D eigenvalue weighted by atomic mass is 19.1. The van der Waals surface area contributed by atoms with Gasteiger partial charge in [-0.1, -0.05) is 39.0 Å². The number of nitrogens with two attached hydrogens (primary N) is 1. The summed E-state index contributed by atoms with van der Waals surface area (Å²) in [7, 11) is 0. The lowest BCUT2D eigenvalue weighted by atomic mass is 9.70. The molecule has 0 saturated heterocycles. The third-order valence-corrected chi connectivity index (χ3v) is 6.50. The molecule has 1 aromatic rings. The SMILES string of the molecule is CC1(C)C2CCC1(C)C(OCC(N)c1ccccc1F)C2. The molecule has 2 saturated carbocycles. The van der Waals surface area contributed by atoms with E-state index < -0.39 is 6.04 Å². The Morgan fingerprint density at radius 2 is 2.05 bits per heavy atom. The van der Waals surface area contributed by atoms with Gasteiger partial charge in [-0.05, 0) is 42.1 Å². The maximum atomic E-state index is 13.8. The minimum Gasteiger partial charge on any atom is -0.376 e. The summed E-state index contributed by atoms with van der Waals surface area (Å²) in [6.45, 7) is 7.47. The molecule has 0 aromatic heterocycles. The largest absolute Gasteiger partial charge is 0.376 e. The van der Waals surface area contributed by atoms with Gasteiger partial charge < -0.3 is 10.5 Å². The summed E-state index contributed by atoms with van der Waals surface area (Å²) in [6, 6.07) is 6.32.